The molecule has 4 heteroatoms. The maximum atomic E-state index is 12.2. The Bertz CT molecular complexity index is 455. The second kappa shape index (κ2) is 5.33. The third-order valence-electron chi connectivity index (χ3n) is 3.70. The van der Waals surface area contributed by atoms with Crippen molar-refractivity contribution in [3.8, 4) is 0 Å². The van der Waals surface area contributed by atoms with E-state index in [-0.39, 0.29) is 11.8 Å². The lowest BCUT2D eigenvalue weighted by Gasteiger charge is -2.21. The first kappa shape index (κ1) is 12.1. The van der Waals surface area contributed by atoms with Gasteiger partial charge in [0.1, 0.15) is 0 Å². The molecule has 0 bridgehead atoms. The van der Waals surface area contributed by atoms with Crippen LogP contribution in [0.2, 0.25) is 0 Å². The Morgan fingerprint density at radius 3 is 3.22 bits per heavy atom. The zero-order valence-electron chi connectivity index (χ0n) is 10.4. The highest BCUT2D eigenvalue weighted by atomic mass is 32.2. The van der Waals surface area contributed by atoms with Crippen LogP contribution in [0.15, 0.2) is 18.2 Å². The lowest BCUT2D eigenvalue weighted by atomic mass is 9.98. The minimum atomic E-state index is 0.201. The maximum absolute atomic E-state index is 12.2. The van der Waals surface area contributed by atoms with E-state index in [4.69, 9.17) is 0 Å². The number of hydrogen-bond donors (Lipinski definition) is 2. The van der Waals surface area contributed by atoms with Crippen molar-refractivity contribution in [2.24, 2.45) is 5.92 Å². The second-order valence-electron chi connectivity index (χ2n) is 4.92. The molecule has 96 valence electrons. The first-order valence-electron chi connectivity index (χ1n) is 6.54. The summed E-state index contributed by atoms with van der Waals surface area (Å²) in [7, 11) is 0. The van der Waals surface area contributed by atoms with Gasteiger partial charge in [0, 0.05) is 23.9 Å². The molecule has 18 heavy (non-hydrogen) atoms. The minimum Gasteiger partial charge on any atom is -0.326 e. The summed E-state index contributed by atoms with van der Waals surface area (Å²) in [4.78, 5) is 12.2. The average molecular weight is 262 g/mol. The van der Waals surface area contributed by atoms with Crippen LogP contribution >= 0.6 is 11.8 Å². The number of thioether (sulfide) groups is 1. The highest BCUT2D eigenvalue weighted by Gasteiger charge is 2.24. The van der Waals surface area contributed by atoms with E-state index in [1.54, 1.807) is 0 Å². The highest BCUT2D eigenvalue weighted by molar-refractivity contribution is 7.99. The smallest absolute Gasteiger partial charge is 0.228 e. The number of hydrogen-bond acceptors (Lipinski definition) is 3. The molecule has 0 aromatic heterocycles. The molecule has 1 fully saturated rings. The molecule has 0 spiro atoms. The van der Waals surface area contributed by atoms with E-state index < -0.39 is 0 Å². The molecule has 1 saturated heterocycles. The molecule has 2 aliphatic heterocycles. The summed E-state index contributed by atoms with van der Waals surface area (Å²) in [5.41, 5.74) is 3.66. The SMILES string of the molecule is O=C(Nc1cccc2c1CCNC2)C1CCSC1. The normalized spacial score (nSPS) is 22.6. The van der Waals surface area contributed by atoms with E-state index in [2.05, 4.69) is 16.7 Å². The molecule has 1 aromatic rings. The van der Waals surface area contributed by atoms with Crippen LogP contribution in [0.5, 0.6) is 0 Å². The van der Waals surface area contributed by atoms with Crippen LogP contribution in [0.4, 0.5) is 5.69 Å². The molecule has 0 saturated carbocycles. The number of carbonyl (C=O) groups excluding carboxylic acids is 1. The molecule has 3 rings (SSSR count). The monoisotopic (exact) mass is 262 g/mol. The third kappa shape index (κ3) is 2.40. The molecule has 1 aromatic carbocycles. The predicted octanol–water partition coefficient (Wildman–Crippen LogP) is 2.02. The van der Waals surface area contributed by atoms with Crippen molar-refractivity contribution in [2.75, 3.05) is 23.4 Å². The number of nitrogens with one attached hydrogen (secondary N) is 2. The van der Waals surface area contributed by atoms with E-state index in [0.717, 1.165) is 43.1 Å². The second-order valence-corrected chi connectivity index (χ2v) is 6.07. The van der Waals surface area contributed by atoms with Crippen molar-refractivity contribution in [3.63, 3.8) is 0 Å². The first-order chi connectivity index (χ1) is 8.84. The molecule has 2 heterocycles. The molecule has 1 amide bonds. The summed E-state index contributed by atoms with van der Waals surface area (Å²) in [6.45, 7) is 1.91. The summed E-state index contributed by atoms with van der Waals surface area (Å²) in [5.74, 6) is 2.50. The molecular formula is C14H18N2OS. The minimum absolute atomic E-state index is 0.201. The maximum Gasteiger partial charge on any atom is 0.228 e. The van der Waals surface area contributed by atoms with Gasteiger partial charge in [0.15, 0.2) is 0 Å². The largest absolute Gasteiger partial charge is 0.326 e. The Morgan fingerprint density at radius 2 is 2.39 bits per heavy atom. The number of anilines is 1. The van der Waals surface area contributed by atoms with Gasteiger partial charge in [-0.25, -0.2) is 0 Å². The number of rotatable bonds is 2. The van der Waals surface area contributed by atoms with E-state index in [1.165, 1.54) is 11.1 Å². The fraction of sp³-hybridized carbons (Fsp3) is 0.500. The van der Waals surface area contributed by atoms with Gasteiger partial charge >= 0.3 is 0 Å². The lowest BCUT2D eigenvalue weighted by Crippen LogP contribution is -2.27. The zero-order valence-corrected chi connectivity index (χ0v) is 11.2. The summed E-state index contributed by atoms with van der Waals surface area (Å²) in [6.07, 6.45) is 2.03. The Morgan fingerprint density at radius 1 is 1.44 bits per heavy atom. The van der Waals surface area contributed by atoms with Gasteiger partial charge in [-0.3, -0.25) is 4.79 Å². The van der Waals surface area contributed by atoms with Crippen LogP contribution in [0.1, 0.15) is 17.5 Å². The average Bonchev–Trinajstić information content (AvgIpc) is 2.93. The fourth-order valence-electron chi connectivity index (χ4n) is 2.63. The van der Waals surface area contributed by atoms with Crippen molar-refractivity contribution in [3.05, 3.63) is 29.3 Å². The van der Waals surface area contributed by atoms with Gasteiger partial charge in [-0.15, -0.1) is 0 Å². The van der Waals surface area contributed by atoms with Crippen molar-refractivity contribution >= 4 is 23.4 Å². The summed E-state index contributed by atoms with van der Waals surface area (Å²) in [6, 6.07) is 6.21. The Kier molecular flexibility index (Phi) is 3.57. The lowest BCUT2D eigenvalue weighted by molar-refractivity contribution is -0.119. The molecule has 1 atom stereocenters. The first-order valence-corrected chi connectivity index (χ1v) is 7.70. The van der Waals surface area contributed by atoms with E-state index in [9.17, 15) is 4.79 Å². The van der Waals surface area contributed by atoms with Gasteiger partial charge < -0.3 is 10.6 Å². The van der Waals surface area contributed by atoms with Gasteiger partial charge in [-0.2, -0.15) is 11.8 Å². The predicted molar refractivity (Wildman–Crippen MR) is 75.9 cm³/mol. The summed E-state index contributed by atoms with van der Waals surface area (Å²) in [5, 5.41) is 6.49. The van der Waals surface area contributed by atoms with Crippen molar-refractivity contribution in [1.82, 2.24) is 5.32 Å². The van der Waals surface area contributed by atoms with E-state index in [1.807, 2.05) is 23.9 Å². The molecule has 1 unspecified atom stereocenters. The van der Waals surface area contributed by atoms with Crippen LogP contribution in [-0.4, -0.2) is 24.0 Å². The molecular weight excluding hydrogens is 244 g/mol. The third-order valence-corrected chi connectivity index (χ3v) is 4.86. The molecule has 0 aliphatic carbocycles. The molecule has 2 aliphatic rings. The molecule has 3 nitrogen and oxygen atoms in total. The van der Waals surface area contributed by atoms with Crippen LogP contribution in [-0.2, 0) is 17.8 Å². The van der Waals surface area contributed by atoms with Crippen LogP contribution in [0.25, 0.3) is 0 Å². The van der Waals surface area contributed by atoms with Crippen LogP contribution < -0.4 is 10.6 Å². The summed E-state index contributed by atoms with van der Waals surface area (Å²) >= 11 is 1.88. The van der Waals surface area contributed by atoms with Crippen LogP contribution in [0, 0.1) is 5.92 Å². The Hall–Kier alpha value is -1.00. The van der Waals surface area contributed by atoms with Gasteiger partial charge in [-0.1, -0.05) is 12.1 Å². The number of benzene rings is 1. The Balaban J connectivity index is 1.77. The Labute approximate surface area is 112 Å². The fourth-order valence-corrected chi connectivity index (χ4v) is 3.85. The van der Waals surface area contributed by atoms with Gasteiger partial charge in [0.2, 0.25) is 5.91 Å². The zero-order chi connectivity index (χ0) is 12.4. The van der Waals surface area contributed by atoms with Crippen molar-refractivity contribution < 1.29 is 4.79 Å². The molecule has 2 N–H and O–H groups in total. The highest BCUT2D eigenvalue weighted by Crippen LogP contribution is 2.27. The number of carbonyl (C=O) groups is 1. The van der Waals surface area contributed by atoms with E-state index >= 15 is 0 Å². The van der Waals surface area contributed by atoms with Crippen molar-refractivity contribution in [2.45, 2.75) is 19.4 Å². The quantitative estimate of drug-likeness (QED) is 0.857. The standard InChI is InChI=1S/C14H18N2OS/c17-14(11-5-7-18-9-11)16-13-3-1-2-10-8-15-6-4-12(10)13/h1-3,11,15H,4-9H2,(H,16,17). The number of amides is 1. The van der Waals surface area contributed by atoms with Crippen LogP contribution in [0.3, 0.4) is 0 Å². The van der Waals surface area contributed by atoms with Crippen molar-refractivity contribution in [1.29, 1.82) is 0 Å². The van der Waals surface area contributed by atoms with E-state index in [0.29, 0.717) is 0 Å². The summed E-state index contributed by atoms with van der Waals surface area (Å²) < 4.78 is 0. The van der Waals surface area contributed by atoms with Gasteiger partial charge in [0.25, 0.3) is 0 Å². The number of fused-ring (bicyclic) bond motifs is 1. The topological polar surface area (TPSA) is 41.1 Å². The van der Waals surface area contributed by atoms with Gasteiger partial charge in [0.05, 0.1) is 0 Å². The molecule has 0 radical (unpaired) electrons. The van der Waals surface area contributed by atoms with Gasteiger partial charge in [-0.05, 0) is 42.3 Å².